The second-order valence-corrected chi connectivity index (χ2v) is 10.3. The van der Waals surface area contributed by atoms with E-state index < -0.39 is 5.54 Å². The van der Waals surface area contributed by atoms with Crippen LogP contribution in [0.25, 0.3) is 10.2 Å². The Bertz CT molecular complexity index is 1180. The molecule has 0 radical (unpaired) electrons. The van der Waals surface area contributed by atoms with Crippen LogP contribution in [0, 0.1) is 6.92 Å². The van der Waals surface area contributed by atoms with Crippen LogP contribution in [0.4, 0.5) is 5.69 Å². The van der Waals surface area contributed by atoms with Gasteiger partial charge in [-0.3, -0.25) is 14.5 Å². The zero-order valence-corrected chi connectivity index (χ0v) is 19.4. The third-order valence-corrected chi connectivity index (χ3v) is 7.83. The number of hydrogen-bond donors (Lipinski definition) is 1. The van der Waals surface area contributed by atoms with E-state index in [0.717, 1.165) is 41.5 Å². The molecule has 1 N–H and O–H groups in total. The summed E-state index contributed by atoms with van der Waals surface area (Å²) >= 11 is 7.93. The van der Waals surface area contributed by atoms with Crippen LogP contribution in [0.2, 0.25) is 5.02 Å². The van der Waals surface area contributed by atoms with Crippen molar-refractivity contribution in [1.82, 2.24) is 9.88 Å². The van der Waals surface area contributed by atoms with E-state index in [9.17, 15) is 9.59 Å². The zero-order valence-electron chi connectivity index (χ0n) is 17.8. The molecule has 1 atom stereocenters. The highest BCUT2D eigenvalue weighted by molar-refractivity contribution is 7.17. The number of nitrogens with zero attached hydrogens (tertiary/aromatic N) is 2. The van der Waals surface area contributed by atoms with Crippen LogP contribution >= 0.6 is 22.9 Å². The molecule has 1 aliphatic carbocycles. The number of aromatic nitrogens is 1. The molecule has 0 spiro atoms. The summed E-state index contributed by atoms with van der Waals surface area (Å²) in [5, 5.41) is 5.84. The lowest BCUT2D eigenvalue weighted by Crippen LogP contribution is -2.65. The fourth-order valence-corrected chi connectivity index (χ4v) is 5.99. The van der Waals surface area contributed by atoms with Crippen molar-refractivity contribution in [2.75, 3.05) is 4.90 Å². The van der Waals surface area contributed by atoms with E-state index in [2.05, 4.69) is 5.32 Å². The van der Waals surface area contributed by atoms with Crippen molar-refractivity contribution in [2.24, 2.45) is 0 Å². The first-order chi connectivity index (χ1) is 14.9. The molecule has 5 rings (SSSR count). The van der Waals surface area contributed by atoms with Crippen molar-refractivity contribution >= 4 is 50.7 Å². The highest BCUT2D eigenvalue weighted by Gasteiger charge is 2.49. The van der Waals surface area contributed by atoms with Crippen molar-refractivity contribution in [1.29, 1.82) is 0 Å². The number of anilines is 1. The van der Waals surface area contributed by atoms with Gasteiger partial charge in [-0.25, -0.2) is 0 Å². The number of halogens is 1. The molecule has 1 fully saturated rings. The standard InChI is InChI=1S/C24H26ClN3O2S/c1-15-8-9-16(25)12-19(15)28-22(29)20-13-21-18(10-11-31-21)27(20)14-24(28,2)23(30)26-17-6-4-3-5-7-17/h8-13,17H,3-7,14H2,1-2H3,(H,26,30). The van der Waals surface area contributed by atoms with Gasteiger partial charge in [-0.2, -0.15) is 0 Å². The number of amides is 2. The number of hydrogen-bond acceptors (Lipinski definition) is 3. The predicted molar refractivity (Wildman–Crippen MR) is 126 cm³/mol. The number of carbonyl (C=O) groups is 2. The molecular weight excluding hydrogens is 430 g/mol. The Morgan fingerprint density at radius 2 is 1.97 bits per heavy atom. The van der Waals surface area contributed by atoms with Gasteiger partial charge < -0.3 is 9.88 Å². The average Bonchev–Trinajstić information content (AvgIpc) is 3.34. The van der Waals surface area contributed by atoms with E-state index >= 15 is 0 Å². The van der Waals surface area contributed by atoms with Gasteiger partial charge in [0.2, 0.25) is 5.91 Å². The minimum Gasteiger partial charge on any atom is -0.351 e. The summed E-state index contributed by atoms with van der Waals surface area (Å²) in [7, 11) is 0. The summed E-state index contributed by atoms with van der Waals surface area (Å²) in [5.74, 6) is -0.267. The highest BCUT2D eigenvalue weighted by atomic mass is 35.5. The quantitative estimate of drug-likeness (QED) is 0.564. The van der Waals surface area contributed by atoms with Crippen LogP contribution in [0.15, 0.2) is 35.7 Å². The van der Waals surface area contributed by atoms with Gasteiger partial charge in [-0.1, -0.05) is 36.9 Å². The summed E-state index contributed by atoms with van der Waals surface area (Å²) in [6.07, 6.45) is 5.48. The third kappa shape index (κ3) is 3.37. The fourth-order valence-electron chi connectivity index (χ4n) is 5.00. The monoisotopic (exact) mass is 455 g/mol. The highest BCUT2D eigenvalue weighted by Crippen LogP contribution is 2.39. The minimum absolute atomic E-state index is 0.102. The second-order valence-electron chi connectivity index (χ2n) is 8.94. The molecular formula is C24H26ClN3O2S. The van der Waals surface area contributed by atoms with Gasteiger partial charge in [0.25, 0.3) is 5.91 Å². The molecule has 2 aliphatic rings. The molecule has 0 saturated heterocycles. The molecule has 2 amide bonds. The van der Waals surface area contributed by atoms with Crippen molar-refractivity contribution in [3.8, 4) is 0 Å². The molecule has 31 heavy (non-hydrogen) atoms. The molecule has 5 nitrogen and oxygen atoms in total. The molecule has 1 aromatic carbocycles. The van der Waals surface area contributed by atoms with Gasteiger partial charge in [-0.05, 0) is 61.9 Å². The van der Waals surface area contributed by atoms with Crippen LogP contribution in [0.3, 0.4) is 0 Å². The van der Waals surface area contributed by atoms with Gasteiger partial charge in [0, 0.05) is 16.8 Å². The predicted octanol–water partition coefficient (Wildman–Crippen LogP) is 5.53. The molecule has 1 aliphatic heterocycles. The van der Waals surface area contributed by atoms with E-state index in [1.54, 1.807) is 22.3 Å². The van der Waals surface area contributed by atoms with E-state index in [0.29, 0.717) is 22.9 Å². The maximum Gasteiger partial charge on any atom is 0.275 e. The van der Waals surface area contributed by atoms with E-state index in [1.807, 2.05) is 48.1 Å². The first-order valence-electron chi connectivity index (χ1n) is 10.9. The summed E-state index contributed by atoms with van der Waals surface area (Å²) in [6, 6.07) is 9.64. The molecule has 1 saturated carbocycles. The smallest absolute Gasteiger partial charge is 0.275 e. The van der Waals surface area contributed by atoms with Crippen LogP contribution in [0.1, 0.15) is 55.1 Å². The summed E-state index contributed by atoms with van der Waals surface area (Å²) in [4.78, 5) is 29.3. The Labute approximate surface area is 191 Å². The first kappa shape index (κ1) is 20.6. The molecule has 3 heterocycles. The molecule has 2 aromatic heterocycles. The lowest BCUT2D eigenvalue weighted by atomic mass is 9.90. The number of aryl methyl sites for hydroxylation is 1. The summed E-state index contributed by atoms with van der Waals surface area (Å²) in [6.45, 7) is 4.23. The topological polar surface area (TPSA) is 54.3 Å². The van der Waals surface area contributed by atoms with Crippen LogP contribution in [-0.4, -0.2) is 28.0 Å². The second kappa shape index (κ2) is 7.68. The van der Waals surface area contributed by atoms with Gasteiger partial charge in [0.15, 0.2) is 0 Å². The van der Waals surface area contributed by atoms with E-state index in [1.165, 1.54) is 6.42 Å². The lowest BCUT2D eigenvalue weighted by molar-refractivity contribution is -0.127. The zero-order chi connectivity index (χ0) is 21.8. The molecule has 0 bridgehead atoms. The molecule has 162 valence electrons. The number of nitrogens with one attached hydrogen (secondary N) is 1. The van der Waals surface area contributed by atoms with E-state index in [-0.39, 0.29) is 17.9 Å². The Balaban J connectivity index is 1.63. The minimum atomic E-state index is -1.06. The Morgan fingerprint density at radius 3 is 2.74 bits per heavy atom. The molecule has 3 aromatic rings. The number of benzene rings is 1. The molecule has 1 unspecified atom stereocenters. The van der Waals surface area contributed by atoms with Crippen LogP contribution in [0.5, 0.6) is 0 Å². The fraction of sp³-hybridized carbons (Fsp3) is 0.417. The maximum atomic E-state index is 13.8. The third-order valence-electron chi connectivity index (χ3n) is 6.75. The van der Waals surface area contributed by atoms with Gasteiger partial charge in [0.05, 0.1) is 16.8 Å². The first-order valence-corrected chi connectivity index (χ1v) is 12.1. The van der Waals surface area contributed by atoms with Crippen molar-refractivity contribution in [3.63, 3.8) is 0 Å². The van der Waals surface area contributed by atoms with Crippen molar-refractivity contribution in [2.45, 2.75) is 64.1 Å². The normalized spacial score (nSPS) is 22.0. The SMILES string of the molecule is Cc1ccc(Cl)cc1N1C(=O)c2cc3sccc3n2CC1(C)C(=O)NC1CCCCC1. The summed E-state index contributed by atoms with van der Waals surface area (Å²) in [5.41, 5.74) is 2.16. The number of rotatable bonds is 3. The maximum absolute atomic E-state index is 13.8. The number of fused-ring (bicyclic) bond motifs is 3. The number of carbonyl (C=O) groups excluding carboxylic acids is 2. The van der Waals surface area contributed by atoms with E-state index in [4.69, 9.17) is 11.6 Å². The van der Waals surface area contributed by atoms with Gasteiger partial charge >= 0.3 is 0 Å². The molecule has 7 heteroatoms. The van der Waals surface area contributed by atoms with Crippen LogP contribution in [-0.2, 0) is 11.3 Å². The summed E-state index contributed by atoms with van der Waals surface area (Å²) < 4.78 is 3.06. The largest absolute Gasteiger partial charge is 0.351 e. The van der Waals surface area contributed by atoms with Gasteiger partial charge in [-0.15, -0.1) is 11.3 Å². The van der Waals surface area contributed by atoms with Crippen molar-refractivity contribution in [3.05, 3.63) is 52.0 Å². The van der Waals surface area contributed by atoms with Crippen LogP contribution < -0.4 is 10.2 Å². The average molecular weight is 456 g/mol. The Kier molecular flexibility index (Phi) is 5.10. The van der Waals surface area contributed by atoms with Crippen molar-refractivity contribution < 1.29 is 9.59 Å². The Morgan fingerprint density at radius 1 is 1.19 bits per heavy atom. The Hall–Kier alpha value is -2.31. The van der Waals surface area contributed by atoms with Gasteiger partial charge in [0.1, 0.15) is 11.2 Å². The lowest BCUT2D eigenvalue weighted by Gasteiger charge is -2.45. The number of thiophene rings is 1.